The summed E-state index contributed by atoms with van der Waals surface area (Å²) < 4.78 is 0. The molecule has 0 spiro atoms. The van der Waals surface area contributed by atoms with Crippen molar-refractivity contribution in [2.45, 2.75) is 0 Å². The van der Waals surface area contributed by atoms with E-state index in [1.807, 2.05) is 0 Å². The Morgan fingerprint density at radius 1 is 1.20 bits per heavy atom. The van der Waals surface area contributed by atoms with Gasteiger partial charge in [0, 0.05) is 24.3 Å². The lowest BCUT2D eigenvalue weighted by atomic mass is 10.5. The molecule has 7 nitrogen and oxygen atoms in total. The molecule has 0 aromatic carbocycles. The zero-order valence-electron chi connectivity index (χ0n) is 7.38. The first-order valence-electron chi connectivity index (χ1n) is 3.76. The summed E-state index contributed by atoms with van der Waals surface area (Å²) in [5.41, 5.74) is 4.71. The zero-order valence-corrected chi connectivity index (χ0v) is 7.38. The van der Waals surface area contributed by atoms with Gasteiger partial charge in [-0.25, -0.2) is 4.79 Å². The Labute approximate surface area is 83.7 Å². The van der Waals surface area contributed by atoms with Crippen molar-refractivity contribution in [3.05, 3.63) is 24.3 Å². The van der Waals surface area contributed by atoms with Crippen LogP contribution in [0, 0.1) is 0 Å². The maximum absolute atomic E-state index is 10.9. The average molecular weight is 210 g/mol. The van der Waals surface area contributed by atoms with Gasteiger partial charge in [-0.1, -0.05) is 5.06 Å². The van der Waals surface area contributed by atoms with E-state index in [1.165, 1.54) is 0 Å². The summed E-state index contributed by atoms with van der Waals surface area (Å²) in [5.74, 6) is -3.41. The molecule has 0 unspecified atom stereocenters. The van der Waals surface area contributed by atoms with Crippen molar-refractivity contribution >= 4 is 23.7 Å². The Hall–Kier alpha value is -2.44. The fourth-order valence-corrected chi connectivity index (χ4v) is 0.747. The van der Waals surface area contributed by atoms with E-state index in [0.717, 1.165) is 18.2 Å². The molecule has 2 N–H and O–H groups in total. The number of primary amides is 1. The quantitative estimate of drug-likeness (QED) is 0.446. The molecule has 1 aliphatic rings. The molecule has 0 fully saturated rings. The van der Waals surface area contributed by atoms with E-state index in [2.05, 4.69) is 4.84 Å². The van der Waals surface area contributed by atoms with Gasteiger partial charge in [0.25, 0.3) is 11.8 Å². The maximum Gasteiger partial charge on any atom is 0.357 e. The van der Waals surface area contributed by atoms with Gasteiger partial charge in [0.15, 0.2) is 0 Å². The highest BCUT2D eigenvalue weighted by Crippen LogP contribution is 2.04. The summed E-state index contributed by atoms with van der Waals surface area (Å²) in [6.07, 6.45) is 3.36. The number of hydrogen-bond donors (Lipinski definition) is 1. The summed E-state index contributed by atoms with van der Waals surface area (Å²) >= 11 is 0. The third-order valence-corrected chi connectivity index (χ3v) is 1.33. The largest absolute Gasteiger partial charge is 0.366 e. The lowest BCUT2D eigenvalue weighted by Crippen LogP contribution is -2.32. The van der Waals surface area contributed by atoms with Gasteiger partial charge in [0.05, 0.1) is 0 Å². The minimum Gasteiger partial charge on any atom is -0.366 e. The van der Waals surface area contributed by atoms with E-state index in [9.17, 15) is 19.2 Å². The molecule has 0 saturated heterocycles. The molecule has 0 radical (unpaired) electrons. The van der Waals surface area contributed by atoms with Gasteiger partial charge in [-0.3, -0.25) is 14.4 Å². The van der Waals surface area contributed by atoms with Gasteiger partial charge < -0.3 is 10.6 Å². The summed E-state index contributed by atoms with van der Waals surface area (Å²) in [6, 6.07) is 0. The number of nitrogens with zero attached hydrogens (tertiary/aromatic N) is 1. The van der Waals surface area contributed by atoms with Gasteiger partial charge in [0.2, 0.25) is 5.91 Å². The second-order valence-electron chi connectivity index (χ2n) is 2.45. The molecular weight excluding hydrogens is 204 g/mol. The number of amides is 3. The maximum atomic E-state index is 10.9. The van der Waals surface area contributed by atoms with Crippen molar-refractivity contribution in [2.75, 3.05) is 0 Å². The number of carbonyl (C=O) groups excluding carboxylic acids is 4. The topological polar surface area (TPSA) is 107 Å². The number of rotatable bonds is 3. The molecular formula is C8H6N2O5. The van der Waals surface area contributed by atoms with E-state index in [4.69, 9.17) is 5.73 Å². The number of nitrogens with two attached hydrogens (primary N) is 1. The van der Waals surface area contributed by atoms with Crippen LogP contribution in [0.4, 0.5) is 0 Å². The first kappa shape index (κ1) is 10.6. The second kappa shape index (κ2) is 4.18. The van der Waals surface area contributed by atoms with Gasteiger partial charge in [-0.05, 0) is 0 Å². The van der Waals surface area contributed by atoms with Gasteiger partial charge in [-0.15, -0.1) is 0 Å². The van der Waals surface area contributed by atoms with Crippen LogP contribution >= 0.6 is 0 Å². The first-order chi connectivity index (χ1) is 7.00. The highest BCUT2D eigenvalue weighted by molar-refractivity contribution is 6.12. The van der Waals surface area contributed by atoms with Crippen LogP contribution in [0.25, 0.3) is 0 Å². The highest BCUT2D eigenvalue weighted by atomic mass is 16.7. The third kappa shape index (κ3) is 2.76. The fraction of sp³-hybridized carbons (Fsp3) is 0. The molecule has 0 bridgehead atoms. The Bertz CT molecular complexity index is 378. The van der Waals surface area contributed by atoms with E-state index in [1.54, 1.807) is 0 Å². The van der Waals surface area contributed by atoms with E-state index in [0.29, 0.717) is 6.08 Å². The van der Waals surface area contributed by atoms with Crippen LogP contribution in [-0.2, 0) is 24.0 Å². The predicted octanol–water partition coefficient (Wildman–Crippen LogP) is -1.59. The summed E-state index contributed by atoms with van der Waals surface area (Å²) in [4.78, 5) is 47.2. The van der Waals surface area contributed by atoms with Gasteiger partial charge >= 0.3 is 5.97 Å². The van der Waals surface area contributed by atoms with E-state index in [-0.39, 0.29) is 5.06 Å². The fourth-order valence-electron chi connectivity index (χ4n) is 0.747. The highest BCUT2D eigenvalue weighted by Gasteiger charge is 2.27. The monoisotopic (exact) mass is 210 g/mol. The molecule has 0 aliphatic carbocycles. The van der Waals surface area contributed by atoms with Crippen molar-refractivity contribution in [1.82, 2.24) is 5.06 Å². The van der Waals surface area contributed by atoms with Gasteiger partial charge in [0.1, 0.15) is 0 Å². The second-order valence-corrected chi connectivity index (χ2v) is 2.45. The summed E-state index contributed by atoms with van der Waals surface area (Å²) in [5, 5.41) is 0.271. The Kier molecular flexibility index (Phi) is 2.97. The van der Waals surface area contributed by atoms with Crippen molar-refractivity contribution in [3.63, 3.8) is 0 Å². The number of imide groups is 1. The minimum absolute atomic E-state index is 0.271. The molecule has 0 atom stereocenters. The summed E-state index contributed by atoms with van der Waals surface area (Å²) in [7, 11) is 0. The van der Waals surface area contributed by atoms with Crippen LogP contribution in [-0.4, -0.2) is 28.8 Å². The molecule has 78 valence electrons. The smallest absolute Gasteiger partial charge is 0.357 e. The van der Waals surface area contributed by atoms with Gasteiger partial charge in [-0.2, -0.15) is 0 Å². The third-order valence-electron chi connectivity index (χ3n) is 1.33. The number of hydrogen-bond acceptors (Lipinski definition) is 5. The molecule has 1 aliphatic heterocycles. The van der Waals surface area contributed by atoms with Crippen LogP contribution < -0.4 is 5.73 Å². The van der Waals surface area contributed by atoms with Crippen molar-refractivity contribution in [1.29, 1.82) is 0 Å². The number of carbonyl (C=O) groups is 4. The lowest BCUT2D eigenvalue weighted by Gasteiger charge is -2.10. The molecule has 1 rings (SSSR count). The van der Waals surface area contributed by atoms with Crippen molar-refractivity contribution in [2.24, 2.45) is 5.73 Å². The molecule has 0 aromatic rings. The van der Waals surface area contributed by atoms with Crippen LogP contribution in [0.2, 0.25) is 0 Å². The van der Waals surface area contributed by atoms with Crippen LogP contribution in [0.3, 0.4) is 0 Å². The molecule has 0 aromatic heterocycles. The average Bonchev–Trinajstić information content (AvgIpc) is 2.46. The Morgan fingerprint density at radius 3 is 2.20 bits per heavy atom. The van der Waals surface area contributed by atoms with E-state index < -0.39 is 23.7 Å². The minimum atomic E-state index is -1.04. The first-order valence-corrected chi connectivity index (χ1v) is 3.76. The Balaban J connectivity index is 2.56. The lowest BCUT2D eigenvalue weighted by molar-refractivity contribution is -0.192. The molecule has 0 saturated carbocycles. The van der Waals surface area contributed by atoms with Crippen LogP contribution in [0.15, 0.2) is 24.3 Å². The van der Waals surface area contributed by atoms with Crippen LogP contribution in [0.1, 0.15) is 0 Å². The zero-order chi connectivity index (χ0) is 11.4. The van der Waals surface area contributed by atoms with E-state index >= 15 is 0 Å². The Morgan fingerprint density at radius 2 is 1.73 bits per heavy atom. The standard InChI is InChI=1S/C8H6N2O5/c9-5(11)1-4-8(14)15-10-6(12)2-3-7(10)13/h1-4H,(H2,9,11). The van der Waals surface area contributed by atoms with Crippen molar-refractivity contribution < 1.29 is 24.0 Å². The summed E-state index contributed by atoms with van der Waals surface area (Å²) in [6.45, 7) is 0. The normalized spacial score (nSPS) is 15.1. The predicted molar refractivity (Wildman–Crippen MR) is 45.4 cm³/mol. The van der Waals surface area contributed by atoms with Crippen molar-refractivity contribution in [3.8, 4) is 0 Å². The number of hydroxylamine groups is 2. The molecule has 7 heteroatoms. The molecule has 1 heterocycles. The SMILES string of the molecule is NC(=O)C=CC(=O)ON1C(=O)C=CC1=O. The molecule has 3 amide bonds. The van der Waals surface area contributed by atoms with Crippen LogP contribution in [0.5, 0.6) is 0 Å². The molecule has 15 heavy (non-hydrogen) atoms.